The Balaban J connectivity index is 2.23. The SMILES string of the molecule is Cc1cccc2c1N(C)c1ccccc1C2. The van der Waals surface area contributed by atoms with Crippen molar-refractivity contribution in [3.05, 3.63) is 59.2 Å². The lowest BCUT2D eigenvalue weighted by atomic mass is 9.94. The van der Waals surface area contributed by atoms with Crippen molar-refractivity contribution >= 4 is 11.4 Å². The molecule has 0 fully saturated rings. The maximum absolute atomic E-state index is 2.31. The quantitative estimate of drug-likeness (QED) is 0.640. The third kappa shape index (κ3) is 1.25. The van der Waals surface area contributed by atoms with Crippen molar-refractivity contribution < 1.29 is 0 Å². The molecule has 0 radical (unpaired) electrons. The van der Waals surface area contributed by atoms with Crippen LogP contribution in [0.4, 0.5) is 11.4 Å². The van der Waals surface area contributed by atoms with Gasteiger partial charge in [-0.15, -0.1) is 0 Å². The van der Waals surface area contributed by atoms with Gasteiger partial charge in [0.2, 0.25) is 0 Å². The Morgan fingerprint density at radius 2 is 1.69 bits per heavy atom. The highest BCUT2D eigenvalue weighted by atomic mass is 15.1. The van der Waals surface area contributed by atoms with Crippen molar-refractivity contribution in [2.24, 2.45) is 0 Å². The molecule has 1 heterocycles. The van der Waals surface area contributed by atoms with Gasteiger partial charge < -0.3 is 4.90 Å². The van der Waals surface area contributed by atoms with Crippen molar-refractivity contribution in [1.82, 2.24) is 0 Å². The number of hydrogen-bond donors (Lipinski definition) is 0. The summed E-state index contributed by atoms with van der Waals surface area (Å²) in [6.07, 6.45) is 1.05. The lowest BCUT2D eigenvalue weighted by Crippen LogP contribution is -2.19. The third-order valence-electron chi connectivity index (χ3n) is 3.39. The molecule has 1 nitrogen and oxygen atoms in total. The van der Waals surface area contributed by atoms with Crippen LogP contribution in [0.1, 0.15) is 16.7 Å². The second-order valence-electron chi connectivity index (χ2n) is 4.45. The molecular weight excluding hydrogens is 194 g/mol. The van der Waals surface area contributed by atoms with Gasteiger partial charge in [-0.3, -0.25) is 0 Å². The fourth-order valence-corrected chi connectivity index (χ4v) is 2.66. The molecule has 0 saturated carbocycles. The molecule has 1 aliphatic rings. The van der Waals surface area contributed by atoms with E-state index in [2.05, 4.69) is 61.3 Å². The monoisotopic (exact) mass is 209 g/mol. The normalized spacial score (nSPS) is 13.2. The van der Waals surface area contributed by atoms with Gasteiger partial charge in [0.1, 0.15) is 0 Å². The van der Waals surface area contributed by atoms with Gasteiger partial charge in [-0.2, -0.15) is 0 Å². The van der Waals surface area contributed by atoms with Crippen LogP contribution < -0.4 is 4.90 Å². The minimum absolute atomic E-state index is 1.05. The van der Waals surface area contributed by atoms with Gasteiger partial charge >= 0.3 is 0 Å². The van der Waals surface area contributed by atoms with Crippen molar-refractivity contribution in [1.29, 1.82) is 0 Å². The van der Waals surface area contributed by atoms with E-state index in [9.17, 15) is 0 Å². The minimum Gasteiger partial charge on any atom is -0.344 e. The number of para-hydroxylation sites is 2. The Hall–Kier alpha value is -1.76. The summed E-state index contributed by atoms with van der Waals surface area (Å²) in [6.45, 7) is 2.18. The number of benzene rings is 2. The van der Waals surface area contributed by atoms with Crippen molar-refractivity contribution in [2.75, 3.05) is 11.9 Å². The summed E-state index contributed by atoms with van der Waals surface area (Å²) >= 11 is 0. The smallest absolute Gasteiger partial charge is 0.0473 e. The zero-order valence-corrected chi connectivity index (χ0v) is 9.70. The zero-order valence-electron chi connectivity index (χ0n) is 9.70. The number of fused-ring (bicyclic) bond motifs is 2. The predicted octanol–water partition coefficient (Wildman–Crippen LogP) is 3.67. The first-order chi connectivity index (χ1) is 7.77. The first kappa shape index (κ1) is 9.46. The molecule has 0 atom stereocenters. The van der Waals surface area contributed by atoms with Crippen molar-refractivity contribution in [2.45, 2.75) is 13.3 Å². The number of aryl methyl sites for hydroxylation is 1. The second kappa shape index (κ2) is 3.38. The van der Waals surface area contributed by atoms with Crippen LogP contribution in [0.2, 0.25) is 0 Å². The molecule has 0 spiro atoms. The topological polar surface area (TPSA) is 3.24 Å². The maximum atomic E-state index is 2.31. The molecule has 0 amide bonds. The maximum Gasteiger partial charge on any atom is 0.0473 e. The first-order valence-electron chi connectivity index (χ1n) is 5.67. The molecule has 0 aliphatic carbocycles. The Morgan fingerprint density at radius 3 is 2.56 bits per heavy atom. The molecular formula is C15H15N. The molecule has 16 heavy (non-hydrogen) atoms. The van der Waals surface area contributed by atoms with Crippen LogP contribution in [0.3, 0.4) is 0 Å². The summed E-state index contributed by atoms with van der Waals surface area (Å²) in [5, 5.41) is 0. The van der Waals surface area contributed by atoms with Crippen LogP contribution >= 0.6 is 0 Å². The summed E-state index contributed by atoms with van der Waals surface area (Å²) in [5.41, 5.74) is 6.92. The molecule has 0 aromatic heterocycles. The van der Waals surface area contributed by atoms with Gasteiger partial charge in [0.05, 0.1) is 0 Å². The van der Waals surface area contributed by atoms with Gasteiger partial charge in [-0.1, -0.05) is 36.4 Å². The predicted molar refractivity (Wildman–Crippen MR) is 68.5 cm³/mol. The average molecular weight is 209 g/mol. The average Bonchev–Trinajstić information content (AvgIpc) is 2.29. The van der Waals surface area contributed by atoms with E-state index in [4.69, 9.17) is 0 Å². The Kier molecular flexibility index (Phi) is 2.00. The highest BCUT2D eigenvalue weighted by Crippen LogP contribution is 2.38. The number of hydrogen-bond acceptors (Lipinski definition) is 1. The summed E-state index contributed by atoms with van der Waals surface area (Å²) < 4.78 is 0. The summed E-state index contributed by atoms with van der Waals surface area (Å²) in [4.78, 5) is 2.31. The van der Waals surface area contributed by atoms with Gasteiger partial charge in [0, 0.05) is 24.8 Å². The molecule has 0 N–H and O–H groups in total. The molecule has 3 rings (SSSR count). The summed E-state index contributed by atoms with van der Waals surface area (Å²) in [5.74, 6) is 0. The molecule has 0 bridgehead atoms. The molecule has 80 valence electrons. The van der Waals surface area contributed by atoms with E-state index < -0.39 is 0 Å². The molecule has 2 aromatic rings. The van der Waals surface area contributed by atoms with Gasteiger partial charge in [0.25, 0.3) is 0 Å². The lowest BCUT2D eigenvalue weighted by molar-refractivity contribution is 1.04. The van der Waals surface area contributed by atoms with Crippen LogP contribution in [0.5, 0.6) is 0 Å². The lowest BCUT2D eigenvalue weighted by Gasteiger charge is -2.31. The Labute approximate surface area is 96.3 Å². The van der Waals surface area contributed by atoms with Crippen molar-refractivity contribution in [3.63, 3.8) is 0 Å². The second-order valence-corrected chi connectivity index (χ2v) is 4.45. The van der Waals surface area contributed by atoms with E-state index in [-0.39, 0.29) is 0 Å². The van der Waals surface area contributed by atoms with Crippen LogP contribution in [-0.2, 0) is 6.42 Å². The highest BCUT2D eigenvalue weighted by molar-refractivity contribution is 5.75. The van der Waals surface area contributed by atoms with E-state index in [1.54, 1.807) is 0 Å². The Bertz CT molecular complexity index is 543. The summed E-state index contributed by atoms with van der Waals surface area (Å²) in [6, 6.07) is 15.2. The van der Waals surface area contributed by atoms with Crippen LogP contribution in [0.25, 0.3) is 0 Å². The fraction of sp³-hybridized carbons (Fsp3) is 0.200. The van der Waals surface area contributed by atoms with E-state index in [0.717, 1.165) is 6.42 Å². The Morgan fingerprint density at radius 1 is 0.938 bits per heavy atom. The molecule has 0 unspecified atom stereocenters. The van der Waals surface area contributed by atoms with Crippen LogP contribution in [0.15, 0.2) is 42.5 Å². The van der Waals surface area contributed by atoms with Crippen LogP contribution in [0, 0.1) is 6.92 Å². The largest absolute Gasteiger partial charge is 0.344 e. The third-order valence-corrected chi connectivity index (χ3v) is 3.39. The standard InChI is InChI=1S/C15H15N/c1-11-6-5-8-13-10-12-7-3-4-9-14(12)16(2)15(11)13/h3-9H,10H2,1-2H3. The minimum atomic E-state index is 1.05. The number of rotatable bonds is 0. The fourth-order valence-electron chi connectivity index (χ4n) is 2.66. The van der Waals surface area contributed by atoms with Crippen LogP contribution in [-0.4, -0.2) is 7.05 Å². The zero-order chi connectivity index (χ0) is 11.1. The van der Waals surface area contributed by atoms with E-state index >= 15 is 0 Å². The van der Waals surface area contributed by atoms with E-state index in [0.29, 0.717) is 0 Å². The van der Waals surface area contributed by atoms with Gasteiger partial charge in [0.15, 0.2) is 0 Å². The molecule has 1 heteroatoms. The molecule has 0 saturated heterocycles. The van der Waals surface area contributed by atoms with E-state index in [1.807, 2.05) is 0 Å². The summed E-state index contributed by atoms with van der Waals surface area (Å²) in [7, 11) is 2.16. The van der Waals surface area contributed by atoms with Crippen molar-refractivity contribution in [3.8, 4) is 0 Å². The highest BCUT2D eigenvalue weighted by Gasteiger charge is 2.20. The number of nitrogens with zero attached hydrogens (tertiary/aromatic N) is 1. The number of anilines is 2. The first-order valence-corrected chi connectivity index (χ1v) is 5.67. The van der Waals surface area contributed by atoms with E-state index in [1.165, 1.54) is 28.1 Å². The molecule has 1 aliphatic heterocycles. The molecule has 2 aromatic carbocycles. The van der Waals surface area contributed by atoms with Gasteiger partial charge in [-0.25, -0.2) is 0 Å². The van der Waals surface area contributed by atoms with Gasteiger partial charge in [-0.05, 0) is 29.7 Å².